The highest BCUT2D eigenvalue weighted by molar-refractivity contribution is 14.0. The Bertz CT molecular complexity index is 577. The predicted octanol–water partition coefficient (Wildman–Crippen LogP) is 3.80. The first kappa shape index (κ1) is 21.1. The lowest BCUT2D eigenvalue weighted by atomic mass is 10.2. The molecular weight excluding hydrogens is 445 g/mol. The van der Waals surface area contributed by atoms with Gasteiger partial charge in [-0.1, -0.05) is 12.8 Å². The van der Waals surface area contributed by atoms with Gasteiger partial charge in [-0.3, -0.25) is 4.99 Å². The van der Waals surface area contributed by atoms with E-state index in [0.29, 0.717) is 19.3 Å². The van der Waals surface area contributed by atoms with Crippen molar-refractivity contribution in [3.05, 3.63) is 18.2 Å². The Hall–Kier alpha value is -1.22. The molecule has 1 aliphatic heterocycles. The molecule has 0 amide bonds. The van der Waals surface area contributed by atoms with Crippen LogP contribution in [0.3, 0.4) is 0 Å². The minimum absolute atomic E-state index is 0. The van der Waals surface area contributed by atoms with Crippen molar-refractivity contribution in [2.24, 2.45) is 4.99 Å². The fourth-order valence-corrected chi connectivity index (χ4v) is 3.14. The summed E-state index contributed by atoms with van der Waals surface area (Å²) >= 11 is 0. The Morgan fingerprint density at radius 3 is 2.69 bits per heavy atom. The normalized spacial score (nSPS) is 17.3. The van der Waals surface area contributed by atoms with E-state index in [1.165, 1.54) is 25.7 Å². The van der Waals surface area contributed by atoms with Gasteiger partial charge >= 0.3 is 0 Å². The molecule has 1 heterocycles. The van der Waals surface area contributed by atoms with E-state index in [4.69, 9.17) is 14.2 Å². The summed E-state index contributed by atoms with van der Waals surface area (Å²) in [5.41, 5.74) is 0.930. The van der Waals surface area contributed by atoms with Gasteiger partial charge in [0.2, 0.25) is 0 Å². The highest BCUT2D eigenvalue weighted by Crippen LogP contribution is 2.32. The maximum absolute atomic E-state index is 5.88. The Morgan fingerprint density at radius 1 is 1.15 bits per heavy atom. The van der Waals surface area contributed by atoms with E-state index in [1.807, 2.05) is 18.2 Å². The van der Waals surface area contributed by atoms with Crippen LogP contribution in [0.5, 0.6) is 11.5 Å². The van der Waals surface area contributed by atoms with Crippen LogP contribution in [0, 0.1) is 0 Å². The summed E-state index contributed by atoms with van der Waals surface area (Å²) < 4.78 is 17.3. The lowest BCUT2D eigenvalue weighted by Gasteiger charge is -2.15. The third kappa shape index (κ3) is 6.50. The first-order valence-electron chi connectivity index (χ1n) is 9.34. The van der Waals surface area contributed by atoms with Gasteiger partial charge in [0.25, 0.3) is 0 Å². The third-order valence-electron chi connectivity index (χ3n) is 4.50. The molecule has 1 aromatic carbocycles. The number of hydrogen-bond acceptors (Lipinski definition) is 4. The van der Waals surface area contributed by atoms with Gasteiger partial charge in [-0.15, -0.1) is 24.0 Å². The van der Waals surface area contributed by atoms with Gasteiger partial charge in [0.1, 0.15) is 0 Å². The van der Waals surface area contributed by atoms with Crippen LogP contribution in [0.2, 0.25) is 0 Å². The number of benzene rings is 1. The average molecular weight is 475 g/mol. The molecule has 3 rings (SSSR count). The Kier molecular flexibility index (Phi) is 9.31. The second-order valence-electron chi connectivity index (χ2n) is 6.47. The Labute approximate surface area is 173 Å². The lowest BCUT2D eigenvalue weighted by molar-refractivity contribution is 0.0574. The van der Waals surface area contributed by atoms with E-state index in [1.54, 1.807) is 7.05 Å². The van der Waals surface area contributed by atoms with Gasteiger partial charge in [0.05, 0.1) is 19.3 Å². The molecule has 7 heteroatoms. The Balaban J connectivity index is 0.00000243. The topological polar surface area (TPSA) is 64.1 Å². The minimum Gasteiger partial charge on any atom is -0.490 e. The van der Waals surface area contributed by atoms with Crippen LogP contribution in [-0.4, -0.2) is 45.5 Å². The fourth-order valence-electron chi connectivity index (χ4n) is 3.14. The SMILES string of the molecule is CN=C(NCCCOC1CCCC1)Nc1ccc2c(c1)OCCCO2.I. The third-order valence-corrected chi connectivity index (χ3v) is 4.50. The van der Waals surface area contributed by atoms with Gasteiger partial charge in [-0.25, -0.2) is 0 Å². The van der Waals surface area contributed by atoms with Crippen LogP contribution in [-0.2, 0) is 4.74 Å². The van der Waals surface area contributed by atoms with Crippen molar-refractivity contribution in [1.29, 1.82) is 0 Å². The van der Waals surface area contributed by atoms with Crippen molar-refractivity contribution in [1.82, 2.24) is 5.32 Å². The number of hydrogen-bond donors (Lipinski definition) is 2. The number of rotatable bonds is 6. The van der Waals surface area contributed by atoms with E-state index in [-0.39, 0.29) is 24.0 Å². The molecule has 6 nitrogen and oxygen atoms in total. The van der Waals surface area contributed by atoms with Gasteiger partial charge in [-0.2, -0.15) is 0 Å². The number of fused-ring (bicyclic) bond motifs is 1. The van der Waals surface area contributed by atoms with Crippen molar-refractivity contribution < 1.29 is 14.2 Å². The molecule has 0 spiro atoms. The van der Waals surface area contributed by atoms with Gasteiger partial charge in [0, 0.05) is 38.4 Å². The van der Waals surface area contributed by atoms with Crippen molar-refractivity contribution in [2.45, 2.75) is 44.6 Å². The average Bonchev–Trinajstić information content (AvgIpc) is 3.04. The number of guanidine groups is 1. The molecule has 0 atom stereocenters. The number of nitrogens with one attached hydrogen (secondary N) is 2. The molecule has 1 saturated carbocycles. The van der Waals surface area contributed by atoms with Crippen LogP contribution < -0.4 is 20.1 Å². The summed E-state index contributed by atoms with van der Waals surface area (Å²) in [7, 11) is 1.77. The van der Waals surface area contributed by atoms with Gasteiger partial charge < -0.3 is 24.8 Å². The Morgan fingerprint density at radius 2 is 1.92 bits per heavy atom. The minimum atomic E-state index is 0. The largest absolute Gasteiger partial charge is 0.490 e. The summed E-state index contributed by atoms with van der Waals surface area (Å²) in [6, 6.07) is 5.87. The monoisotopic (exact) mass is 475 g/mol. The van der Waals surface area contributed by atoms with E-state index in [0.717, 1.165) is 49.1 Å². The van der Waals surface area contributed by atoms with Crippen molar-refractivity contribution >= 4 is 35.6 Å². The maximum Gasteiger partial charge on any atom is 0.195 e. The van der Waals surface area contributed by atoms with Gasteiger partial charge in [0.15, 0.2) is 17.5 Å². The highest BCUT2D eigenvalue weighted by Gasteiger charge is 2.14. The van der Waals surface area contributed by atoms with E-state index in [9.17, 15) is 0 Å². The van der Waals surface area contributed by atoms with E-state index < -0.39 is 0 Å². The summed E-state index contributed by atoms with van der Waals surface area (Å²) in [5.74, 6) is 2.33. The molecule has 1 aliphatic carbocycles. The summed E-state index contributed by atoms with van der Waals surface area (Å²) in [6.45, 7) is 3.02. The van der Waals surface area contributed by atoms with Crippen LogP contribution in [0.1, 0.15) is 38.5 Å². The second-order valence-corrected chi connectivity index (χ2v) is 6.47. The molecule has 0 aromatic heterocycles. The van der Waals surface area contributed by atoms with Crippen LogP contribution >= 0.6 is 24.0 Å². The zero-order chi connectivity index (χ0) is 17.3. The predicted molar refractivity (Wildman–Crippen MR) is 115 cm³/mol. The highest BCUT2D eigenvalue weighted by atomic mass is 127. The number of halogens is 1. The molecule has 0 bridgehead atoms. The molecule has 2 N–H and O–H groups in total. The molecule has 0 radical (unpaired) electrons. The second kappa shape index (κ2) is 11.5. The van der Waals surface area contributed by atoms with Crippen molar-refractivity contribution in [3.8, 4) is 11.5 Å². The number of aliphatic imine (C=N–C) groups is 1. The molecule has 0 unspecified atom stereocenters. The molecule has 1 fully saturated rings. The summed E-state index contributed by atoms with van der Waals surface area (Å²) in [5, 5.41) is 6.62. The zero-order valence-corrected chi connectivity index (χ0v) is 17.8. The molecule has 0 saturated heterocycles. The summed E-state index contributed by atoms with van der Waals surface area (Å²) in [6.07, 6.45) is 7.44. The smallest absolute Gasteiger partial charge is 0.195 e. The van der Waals surface area contributed by atoms with Crippen molar-refractivity contribution in [3.63, 3.8) is 0 Å². The molecule has 2 aliphatic rings. The van der Waals surface area contributed by atoms with E-state index >= 15 is 0 Å². The lowest BCUT2D eigenvalue weighted by Crippen LogP contribution is -2.32. The van der Waals surface area contributed by atoms with Crippen LogP contribution in [0.25, 0.3) is 0 Å². The van der Waals surface area contributed by atoms with Crippen LogP contribution in [0.15, 0.2) is 23.2 Å². The first-order chi connectivity index (χ1) is 12.3. The molecule has 1 aromatic rings. The van der Waals surface area contributed by atoms with Gasteiger partial charge in [-0.05, 0) is 31.4 Å². The van der Waals surface area contributed by atoms with Crippen molar-refractivity contribution in [2.75, 3.05) is 38.7 Å². The maximum atomic E-state index is 5.88. The zero-order valence-electron chi connectivity index (χ0n) is 15.5. The molecular formula is C19H30IN3O3. The number of ether oxygens (including phenoxy) is 3. The quantitative estimate of drug-likeness (QED) is 0.284. The number of nitrogens with zero attached hydrogens (tertiary/aromatic N) is 1. The van der Waals surface area contributed by atoms with E-state index in [2.05, 4.69) is 15.6 Å². The molecule has 146 valence electrons. The fraction of sp³-hybridized carbons (Fsp3) is 0.632. The van der Waals surface area contributed by atoms with Crippen LogP contribution in [0.4, 0.5) is 5.69 Å². The number of anilines is 1. The summed E-state index contributed by atoms with van der Waals surface area (Å²) in [4.78, 5) is 4.27. The first-order valence-corrected chi connectivity index (χ1v) is 9.34. The standard InChI is InChI=1S/C19H29N3O3.HI/c1-20-19(21-10-4-11-23-16-6-2-3-7-16)22-15-8-9-17-18(14-15)25-13-5-12-24-17;/h8-9,14,16H,2-7,10-13H2,1H3,(H2,20,21,22);1H. The molecule has 26 heavy (non-hydrogen) atoms.